The van der Waals surface area contributed by atoms with Crippen molar-refractivity contribution in [2.24, 2.45) is 0 Å². The van der Waals surface area contributed by atoms with Crippen LogP contribution in [0.15, 0.2) is 58.7 Å². The van der Waals surface area contributed by atoms with Crippen molar-refractivity contribution in [2.45, 2.75) is 51.4 Å². The quantitative estimate of drug-likeness (QED) is 0.246. The zero-order chi connectivity index (χ0) is 26.7. The maximum atomic E-state index is 12.1. The van der Waals surface area contributed by atoms with Crippen LogP contribution in [0.1, 0.15) is 49.0 Å². The van der Waals surface area contributed by atoms with Crippen LogP contribution >= 0.6 is 23.1 Å². The molecule has 1 saturated heterocycles. The number of hydrogen-bond donors (Lipinski definition) is 0. The van der Waals surface area contributed by atoms with Crippen molar-refractivity contribution in [2.75, 3.05) is 19.4 Å². The van der Waals surface area contributed by atoms with Gasteiger partial charge in [0, 0.05) is 24.4 Å². The molecule has 0 radical (unpaired) electrons. The van der Waals surface area contributed by atoms with Gasteiger partial charge in [-0.25, -0.2) is 13.2 Å². The molecule has 0 saturated carbocycles. The van der Waals surface area contributed by atoms with Gasteiger partial charge in [-0.3, -0.25) is 0 Å². The van der Waals surface area contributed by atoms with Crippen LogP contribution in [-0.2, 0) is 21.4 Å². The van der Waals surface area contributed by atoms with Crippen molar-refractivity contribution in [3.05, 3.63) is 69.2 Å². The number of thiazole rings is 1. The maximum absolute atomic E-state index is 12.1. The molecular formula is C27H32N2O5S3. The molecule has 1 aromatic carbocycles. The number of allylic oxidation sites excluding steroid dienone is 4. The number of hydrogen-bond acceptors (Lipinski definition) is 8. The molecule has 37 heavy (non-hydrogen) atoms. The summed E-state index contributed by atoms with van der Waals surface area (Å²) < 4.78 is 41.8. The third kappa shape index (κ3) is 6.37. The average Bonchev–Trinajstić information content (AvgIpc) is 3.38. The lowest BCUT2D eigenvalue weighted by Gasteiger charge is -2.28. The van der Waals surface area contributed by atoms with Crippen LogP contribution in [0.4, 0.5) is 0 Å². The monoisotopic (exact) mass is 560 g/mol. The minimum Gasteiger partial charge on any atom is -0.748 e. The van der Waals surface area contributed by atoms with Gasteiger partial charge in [0.1, 0.15) is 11.2 Å². The summed E-state index contributed by atoms with van der Waals surface area (Å²) in [7, 11) is -2.86. The summed E-state index contributed by atoms with van der Waals surface area (Å²) in [6.45, 7) is 7.53. The number of rotatable bonds is 9. The summed E-state index contributed by atoms with van der Waals surface area (Å²) in [5.41, 5.74) is 3.85. The Morgan fingerprint density at radius 1 is 1.30 bits per heavy atom. The van der Waals surface area contributed by atoms with E-state index in [2.05, 4.69) is 60.6 Å². The smallest absolute Gasteiger partial charge is 0.338 e. The number of ether oxygens (including phenoxy) is 1. The summed E-state index contributed by atoms with van der Waals surface area (Å²) in [6.07, 6.45) is 12.0. The van der Waals surface area contributed by atoms with E-state index in [-0.39, 0.29) is 23.0 Å². The number of carbonyl (C=O) groups is 1. The van der Waals surface area contributed by atoms with Crippen molar-refractivity contribution >= 4 is 55.5 Å². The van der Waals surface area contributed by atoms with E-state index in [0.29, 0.717) is 18.5 Å². The molecule has 0 N–H and O–H groups in total. The number of fused-ring (bicyclic) bond motifs is 2. The standard InChI is InChI=1S/C27H32N2O5S3/c1-5-19(15-25-28(6-2)22-17-20(27(30)34-4)9-11-24(22)35-25)16-26-29(12-7-13-37(31,32)33)21-14-18(3)8-10-23(21)36-26/h8-11,14-17,21,23H,5-7,12-13H2,1-4H3. The molecule has 2 atom stereocenters. The van der Waals surface area contributed by atoms with Gasteiger partial charge >= 0.3 is 5.97 Å². The van der Waals surface area contributed by atoms with Crippen LogP contribution in [-0.4, -0.2) is 54.5 Å². The van der Waals surface area contributed by atoms with E-state index >= 15 is 0 Å². The first-order chi connectivity index (χ1) is 17.6. The minimum atomic E-state index is -4.25. The Labute approximate surface area is 226 Å². The van der Waals surface area contributed by atoms with Crippen LogP contribution in [0.25, 0.3) is 16.3 Å². The van der Waals surface area contributed by atoms with Gasteiger partial charge in [-0.2, -0.15) is 4.57 Å². The van der Waals surface area contributed by atoms with Gasteiger partial charge in [-0.1, -0.05) is 53.8 Å². The van der Waals surface area contributed by atoms with Gasteiger partial charge in [0.15, 0.2) is 0 Å². The molecule has 0 bridgehead atoms. The van der Waals surface area contributed by atoms with E-state index in [4.69, 9.17) is 4.74 Å². The maximum Gasteiger partial charge on any atom is 0.338 e. The van der Waals surface area contributed by atoms with Crippen molar-refractivity contribution < 1.29 is 27.1 Å². The molecule has 0 spiro atoms. The Morgan fingerprint density at radius 2 is 2.08 bits per heavy atom. The van der Waals surface area contributed by atoms with E-state index in [1.165, 1.54) is 12.7 Å². The minimum absolute atomic E-state index is 0.135. The fourth-order valence-electron chi connectivity index (χ4n) is 4.64. The largest absolute Gasteiger partial charge is 0.748 e. The fraction of sp³-hybridized carbons (Fsp3) is 0.407. The summed E-state index contributed by atoms with van der Waals surface area (Å²) in [4.78, 5) is 14.3. The summed E-state index contributed by atoms with van der Waals surface area (Å²) in [5, 5.41) is 2.42. The number of esters is 1. The van der Waals surface area contributed by atoms with Gasteiger partial charge < -0.3 is 14.2 Å². The second-order valence-electron chi connectivity index (χ2n) is 9.07. The van der Waals surface area contributed by atoms with Crippen LogP contribution in [0.5, 0.6) is 0 Å². The lowest BCUT2D eigenvalue weighted by Crippen LogP contribution is -2.34. The summed E-state index contributed by atoms with van der Waals surface area (Å²) in [5.74, 6) is -0.713. The predicted molar refractivity (Wildman–Crippen MR) is 149 cm³/mol. The van der Waals surface area contributed by atoms with Gasteiger partial charge in [0.05, 0.1) is 39.1 Å². The Morgan fingerprint density at radius 3 is 2.76 bits per heavy atom. The first kappa shape index (κ1) is 27.6. The molecular weight excluding hydrogens is 529 g/mol. The molecule has 1 aliphatic heterocycles. The molecule has 2 aliphatic rings. The highest BCUT2D eigenvalue weighted by atomic mass is 32.2. The Balaban J connectivity index is 1.69. The van der Waals surface area contributed by atoms with Gasteiger partial charge in [-0.15, -0.1) is 0 Å². The van der Waals surface area contributed by atoms with E-state index in [9.17, 15) is 17.8 Å². The topological polar surface area (TPSA) is 90.6 Å². The highest BCUT2D eigenvalue weighted by Crippen LogP contribution is 2.43. The van der Waals surface area contributed by atoms with E-state index in [1.807, 2.05) is 12.1 Å². The van der Waals surface area contributed by atoms with Crippen molar-refractivity contribution in [1.82, 2.24) is 4.90 Å². The second kappa shape index (κ2) is 11.6. The SMILES string of the molecule is CCC(=Cc1sc2ccc(C(=O)OC)cc2[n+]1CC)C=C1SC2C=CC(C)=CC2N1CCCS(=O)(=O)[O-]. The van der Waals surface area contributed by atoms with Gasteiger partial charge in [0.2, 0.25) is 5.52 Å². The van der Waals surface area contributed by atoms with Gasteiger partial charge in [-0.05, 0) is 50.5 Å². The Hall–Kier alpha value is -2.40. The molecule has 2 heterocycles. The first-order valence-electron chi connectivity index (χ1n) is 12.3. The van der Waals surface area contributed by atoms with Crippen LogP contribution < -0.4 is 4.57 Å². The number of aryl methyl sites for hydroxylation is 1. The molecule has 198 valence electrons. The molecule has 1 aliphatic carbocycles. The number of benzene rings is 1. The first-order valence-corrected chi connectivity index (χ1v) is 15.6. The lowest BCUT2D eigenvalue weighted by molar-refractivity contribution is -0.665. The van der Waals surface area contributed by atoms with Crippen molar-refractivity contribution in [1.29, 1.82) is 0 Å². The number of aromatic nitrogens is 1. The molecule has 2 aromatic rings. The fourth-order valence-corrected chi connectivity index (χ4v) is 7.68. The molecule has 7 nitrogen and oxygen atoms in total. The molecule has 1 aromatic heterocycles. The van der Waals surface area contributed by atoms with Crippen molar-refractivity contribution in [3.8, 4) is 0 Å². The second-order valence-corrected chi connectivity index (χ2v) is 12.8. The third-order valence-corrected chi connectivity index (χ3v) is 9.71. The number of nitrogens with zero attached hydrogens (tertiary/aromatic N) is 2. The highest BCUT2D eigenvalue weighted by Gasteiger charge is 2.36. The van der Waals surface area contributed by atoms with Gasteiger partial charge in [0.25, 0.3) is 5.01 Å². The molecule has 4 rings (SSSR count). The number of methoxy groups -OCH3 is 1. The van der Waals surface area contributed by atoms with E-state index in [0.717, 1.165) is 38.8 Å². The third-order valence-electron chi connectivity index (χ3n) is 6.51. The van der Waals surface area contributed by atoms with E-state index in [1.54, 1.807) is 29.2 Å². The van der Waals surface area contributed by atoms with Crippen LogP contribution in [0.3, 0.4) is 0 Å². The van der Waals surface area contributed by atoms with Crippen LogP contribution in [0.2, 0.25) is 0 Å². The number of thioether (sulfide) groups is 1. The summed E-state index contributed by atoms with van der Waals surface area (Å²) >= 11 is 3.45. The normalized spacial score (nSPS) is 21.0. The zero-order valence-electron chi connectivity index (χ0n) is 21.5. The number of carbonyl (C=O) groups excluding carboxylic acids is 1. The predicted octanol–water partition coefficient (Wildman–Crippen LogP) is 4.87. The summed E-state index contributed by atoms with van der Waals surface area (Å²) in [6, 6.07) is 5.77. The average molecular weight is 561 g/mol. The Kier molecular flexibility index (Phi) is 8.63. The molecule has 0 amide bonds. The lowest BCUT2D eigenvalue weighted by atomic mass is 10.0. The van der Waals surface area contributed by atoms with E-state index < -0.39 is 10.1 Å². The zero-order valence-corrected chi connectivity index (χ0v) is 23.9. The van der Waals surface area contributed by atoms with Crippen molar-refractivity contribution in [3.63, 3.8) is 0 Å². The Bertz CT molecular complexity index is 1420. The molecule has 1 fully saturated rings. The highest BCUT2D eigenvalue weighted by molar-refractivity contribution is 8.04. The molecule has 10 heteroatoms. The molecule has 2 unspecified atom stereocenters. The van der Waals surface area contributed by atoms with Crippen LogP contribution in [0, 0.1) is 0 Å².